The van der Waals surface area contributed by atoms with Crippen LogP contribution in [0.25, 0.3) is 0 Å². The van der Waals surface area contributed by atoms with E-state index >= 15 is 0 Å². The summed E-state index contributed by atoms with van der Waals surface area (Å²) in [6.07, 6.45) is -3.40. The maximum absolute atomic E-state index is 12.6. The van der Waals surface area contributed by atoms with Gasteiger partial charge in [-0.2, -0.15) is 0 Å². The molecule has 2 aromatic carbocycles. The van der Waals surface area contributed by atoms with E-state index in [4.69, 9.17) is 0 Å². The van der Waals surface area contributed by atoms with Crippen molar-refractivity contribution >= 4 is 0 Å². The molecule has 0 amide bonds. The number of rotatable bonds is 3. The second kappa shape index (κ2) is 5.49. The molecule has 2 aromatic rings. The number of aryl methyl sites for hydroxylation is 2. The SMILES string of the molecule is Cc1ccc(C(O)c2cccc(C(F)F)c2)cc1C. The molecule has 100 valence electrons. The van der Waals surface area contributed by atoms with E-state index in [9.17, 15) is 13.9 Å². The van der Waals surface area contributed by atoms with E-state index in [1.165, 1.54) is 12.1 Å². The van der Waals surface area contributed by atoms with Crippen molar-refractivity contribution in [2.75, 3.05) is 0 Å². The molecule has 0 saturated heterocycles. The fraction of sp³-hybridized carbons (Fsp3) is 0.250. The first kappa shape index (κ1) is 13.7. The molecule has 3 heteroatoms. The van der Waals surface area contributed by atoms with E-state index in [0.717, 1.165) is 16.7 Å². The Kier molecular flexibility index (Phi) is 3.96. The first-order chi connectivity index (χ1) is 8.99. The minimum Gasteiger partial charge on any atom is -0.384 e. The lowest BCUT2D eigenvalue weighted by Crippen LogP contribution is -2.01. The molecule has 1 atom stereocenters. The van der Waals surface area contributed by atoms with Crippen molar-refractivity contribution in [2.45, 2.75) is 26.4 Å². The number of hydrogen-bond acceptors (Lipinski definition) is 1. The van der Waals surface area contributed by atoms with E-state index in [-0.39, 0.29) is 5.56 Å². The lowest BCUT2D eigenvalue weighted by Gasteiger charge is -2.14. The van der Waals surface area contributed by atoms with Gasteiger partial charge >= 0.3 is 0 Å². The molecule has 0 spiro atoms. The molecule has 0 heterocycles. The topological polar surface area (TPSA) is 20.2 Å². The summed E-state index contributed by atoms with van der Waals surface area (Å²) in [7, 11) is 0. The largest absolute Gasteiger partial charge is 0.384 e. The zero-order valence-corrected chi connectivity index (χ0v) is 10.9. The average Bonchev–Trinajstić information content (AvgIpc) is 2.41. The summed E-state index contributed by atoms with van der Waals surface area (Å²) < 4.78 is 25.3. The van der Waals surface area contributed by atoms with Gasteiger partial charge < -0.3 is 5.11 Å². The molecule has 0 radical (unpaired) electrons. The summed E-state index contributed by atoms with van der Waals surface area (Å²) in [5, 5.41) is 10.3. The van der Waals surface area contributed by atoms with Gasteiger partial charge in [0.1, 0.15) is 6.10 Å². The molecule has 0 aromatic heterocycles. The van der Waals surface area contributed by atoms with Crippen LogP contribution in [-0.2, 0) is 0 Å². The van der Waals surface area contributed by atoms with Crippen LogP contribution in [-0.4, -0.2) is 5.11 Å². The minimum atomic E-state index is -2.52. The zero-order chi connectivity index (χ0) is 14.0. The quantitative estimate of drug-likeness (QED) is 0.873. The average molecular weight is 262 g/mol. The first-order valence-electron chi connectivity index (χ1n) is 6.12. The van der Waals surface area contributed by atoms with Gasteiger partial charge in [0.25, 0.3) is 6.43 Å². The standard InChI is InChI=1S/C16H16F2O/c1-10-6-7-13(8-11(10)2)15(19)12-4-3-5-14(9-12)16(17)18/h3-9,15-16,19H,1-2H3. The van der Waals surface area contributed by atoms with Gasteiger partial charge in [-0.05, 0) is 42.2 Å². The summed E-state index contributed by atoms with van der Waals surface area (Å²) in [6.45, 7) is 3.95. The molecular formula is C16H16F2O. The Morgan fingerprint density at radius 3 is 2.11 bits per heavy atom. The highest BCUT2D eigenvalue weighted by molar-refractivity contribution is 5.37. The van der Waals surface area contributed by atoms with E-state index in [1.807, 2.05) is 32.0 Å². The van der Waals surface area contributed by atoms with E-state index in [2.05, 4.69) is 0 Å². The Hall–Kier alpha value is -1.74. The van der Waals surface area contributed by atoms with Crippen molar-refractivity contribution in [3.8, 4) is 0 Å². The van der Waals surface area contributed by atoms with Gasteiger partial charge in [-0.25, -0.2) is 8.78 Å². The molecule has 0 aliphatic rings. The molecule has 0 saturated carbocycles. The maximum atomic E-state index is 12.6. The monoisotopic (exact) mass is 262 g/mol. The number of alkyl halides is 2. The minimum absolute atomic E-state index is 0.0691. The number of halogens is 2. The third-order valence-corrected chi connectivity index (χ3v) is 3.33. The Morgan fingerprint density at radius 2 is 1.47 bits per heavy atom. The second-order valence-electron chi connectivity index (χ2n) is 4.72. The predicted octanol–water partition coefficient (Wildman–Crippen LogP) is 4.32. The van der Waals surface area contributed by atoms with Crippen LogP contribution in [0.15, 0.2) is 42.5 Å². The molecule has 0 fully saturated rings. The number of aliphatic hydroxyl groups is 1. The fourth-order valence-corrected chi connectivity index (χ4v) is 1.99. The third kappa shape index (κ3) is 2.99. The van der Waals surface area contributed by atoms with Crippen LogP contribution in [0.2, 0.25) is 0 Å². The zero-order valence-electron chi connectivity index (χ0n) is 10.9. The molecular weight excluding hydrogens is 246 g/mol. The molecule has 19 heavy (non-hydrogen) atoms. The van der Waals surface area contributed by atoms with Gasteiger partial charge in [0, 0.05) is 5.56 Å². The normalized spacial score (nSPS) is 12.7. The van der Waals surface area contributed by atoms with Crippen LogP contribution in [0.4, 0.5) is 8.78 Å². The van der Waals surface area contributed by atoms with Gasteiger partial charge in [0.15, 0.2) is 0 Å². The first-order valence-corrected chi connectivity index (χ1v) is 6.12. The number of benzene rings is 2. The van der Waals surface area contributed by atoms with Crippen LogP contribution < -0.4 is 0 Å². The van der Waals surface area contributed by atoms with Crippen LogP contribution in [0.5, 0.6) is 0 Å². The molecule has 0 aliphatic carbocycles. The molecule has 2 rings (SSSR count). The summed E-state index contributed by atoms with van der Waals surface area (Å²) in [5.74, 6) is 0. The van der Waals surface area contributed by atoms with Crippen molar-refractivity contribution < 1.29 is 13.9 Å². The van der Waals surface area contributed by atoms with Crippen molar-refractivity contribution in [3.63, 3.8) is 0 Å². The van der Waals surface area contributed by atoms with Crippen molar-refractivity contribution in [1.29, 1.82) is 0 Å². The number of hydrogen-bond donors (Lipinski definition) is 1. The predicted molar refractivity (Wildman–Crippen MR) is 71.4 cm³/mol. The van der Waals surface area contributed by atoms with Crippen LogP contribution >= 0.6 is 0 Å². The van der Waals surface area contributed by atoms with Crippen LogP contribution in [0.3, 0.4) is 0 Å². The lowest BCUT2D eigenvalue weighted by atomic mass is 9.97. The van der Waals surface area contributed by atoms with Gasteiger partial charge in [0.05, 0.1) is 0 Å². The van der Waals surface area contributed by atoms with Crippen molar-refractivity contribution in [3.05, 3.63) is 70.3 Å². The molecule has 0 aliphatic heterocycles. The summed E-state index contributed by atoms with van der Waals surface area (Å²) in [4.78, 5) is 0. The smallest absolute Gasteiger partial charge is 0.263 e. The summed E-state index contributed by atoms with van der Waals surface area (Å²) >= 11 is 0. The molecule has 0 bridgehead atoms. The van der Waals surface area contributed by atoms with Gasteiger partial charge in [-0.3, -0.25) is 0 Å². The maximum Gasteiger partial charge on any atom is 0.263 e. The lowest BCUT2D eigenvalue weighted by molar-refractivity contribution is 0.150. The van der Waals surface area contributed by atoms with E-state index in [1.54, 1.807) is 12.1 Å². The summed E-state index contributed by atoms with van der Waals surface area (Å²) in [5.41, 5.74) is 3.34. The Balaban J connectivity index is 2.35. The second-order valence-corrected chi connectivity index (χ2v) is 4.72. The molecule has 1 unspecified atom stereocenters. The Labute approximate surface area is 111 Å². The molecule has 1 N–H and O–H groups in total. The third-order valence-electron chi connectivity index (χ3n) is 3.33. The molecule has 1 nitrogen and oxygen atoms in total. The Bertz CT molecular complexity index is 579. The number of aliphatic hydroxyl groups excluding tert-OH is 1. The fourth-order valence-electron chi connectivity index (χ4n) is 1.99. The highest BCUT2D eigenvalue weighted by atomic mass is 19.3. The highest BCUT2D eigenvalue weighted by Gasteiger charge is 2.14. The van der Waals surface area contributed by atoms with Gasteiger partial charge in [0.2, 0.25) is 0 Å². The Morgan fingerprint density at radius 1 is 0.842 bits per heavy atom. The van der Waals surface area contributed by atoms with E-state index < -0.39 is 12.5 Å². The van der Waals surface area contributed by atoms with Crippen molar-refractivity contribution in [2.24, 2.45) is 0 Å². The van der Waals surface area contributed by atoms with Crippen molar-refractivity contribution in [1.82, 2.24) is 0 Å². The van der Waals surface area contributed by atoms with Crippen LogP contribution in [0.1, 0.15) is 40.3 Å². The highest BCUT2D eigenvalue weighted by Crippen LogP contribution is 2.27. The van der Waals surface area contributed by atoms with Gasteiger partial charge in [-0.15, -0.1) is 0 Å². The summed E-state index contributed by atoms with van der Waals surface area (Å²) in [6, 6.07) is 11.5. The van der Waals surface area contributed by atoms with Gasteiger partial charge in [-0.1, -0.05) is 36.4 Å². The van der Waals surface area contributed by atoms with E-state index in [0.29, 0.717) is 5.56 Å². The van der Waals surface area contributed by atoms with Crippen LogP contribution in [0, 0.1) is 13.8 Å².